The molecular formula is C11H16N4O2S. The van der Waals surface area contributed by atoms with Crippen molar-refractivity contribution in [1.29, 1.82) is 0 Å². The lowest BCUT2D eigenvalue weighted by atomic mass is 10.4. The molecule has 0 aliphatic rings. The highest BCUT2D eigenvalue weighted by Gasteiger charge is 2.13. The van der Waals surface area contributed by atoms with E-state index < -0.39 is 10.0 Å². The third kappa shape index (κ3) is 2.61. The average molecular weight is 268 g/mol. The van der Waals surface area contributed by atoms with E-state index in [1.165, 1.54) is 0 Å². The van der Waals surface area contributed by atoms with Crippen LogP contribution in [0.4, 0.5) is 5.69 Å². The van der Waals surface area contributed by atoms with Crippen molar-refractivity contribution in [2.45, 2.75) is 26.7 Å². The third-order valence-electron chi connectivity index (χ3n) is 2.46. The first-order valence-electron chi connectivity index (χ1n) is 5.90. The molecule has 0 bridgehead atoms. The number of fused-ring (bicyclic) bond motifs is 1. The maximum absolute atomic E-state index is 11.8. The number of aromatic nitrogens is 3. The van der Waals surface area contributed by atoms with E-state index in [2.05, 4.69) is 14.8 Å². The van der Waals surface area contributed by atoms with Gasteiger partial charge in [0, 0.05) is 12.6 Å². The van der Waals surface area contributed by atoms with Gasteiger partial charge in [0.1, 0.15) is 0 Å². The Kier molecular flexibility index (Phi) is 3.51. The van der Waals surface area contributed by atoms with Gasteiger partial charge in [0.05, 0.1) is 11.4 Å². The molecule has 6 nitrogen and oxygen atoms in total. The number of nitrogens with zero attached hydrogens (tertiary/aromatic N) is 3. The minimum atomic E-state index is -3.30. The van der Waals surface area contributed by atoms with Gasteiger partial charge in [0.2, 0.25) is 10.0 Å². The topological polar surface area (TPSA) is 76.4 Å². The zero-order chi connectivity index (χ0) is 13.2. The van der Waals surface area contributed by atoms with Crippen molar-refractivity contribution >= 4 is 21.4 Å². The Hall–Kier alpha value is -1.63. The summed E-state index contributed by atoms with van der Waals surface area (Å²) in [5, 5.41) is 4.24. The van der Waals surface area contributed by atoms with Gasteiger partial charge in [-0.05, 0) is 18.6 Å². The van der Waals surface area contributed by atoms with Crippen LogP contribution >= 0.6 is 0 Å². The Morgan fingerprint density at radius 2 is 2.17 bits per heavy atom. The first-order valence-corrected chi connectivity index (χ1v) is 7.55. The summed E-state index contributed by atoms with van der Waals surface area (Å²) in [7, 11) is -3.30. The largest absolute Gasteiger partial charge is 0.280 e. The van der Waals surface area contributed by atoms with Crippen LogP contribution in [0, 0.1) is 0 Å². The third-order valence-corrected chi connectivity index (χ3v) is 3.94. The number of aryl methyl sites for hydroxylation is 1. The van der Waals surface area contributed by atoms with Crippen molar-refractivity contribution in [3.8, 4) is 0 Å². The molecule has 0 aliphatic carbocycles. The molecule has 0 amide bonds. The molecule has 0 unspecified atom stereocenters. The van der Waals surface area contributed by atoms with Crippen LogP contribution in [-0.4, -0.2) is 28.8 Å². The van der Waals surface area contributed by atoms with E-state index in [0.29, 0.717) is 30.0 Å². The first-order chi connectivity index (χ1) is 8.55. The van der Waals surface area contributed by atoms with Crippen LogP contribution in [0.5, 0.6) is 0 Å². The maximum Gasteiger partial charge on any atom is 0.232 e. The lowest BCUT2D eigenvalue weighted by Gasteiger charge is -2.07. The van der Waals surface area contributed by atoms with Crippen LogP contribution in [0.3, 0.4) is 0 Å². The number of sulfonamides is 1. The van der Waals surface area contributed by atoms with E-state index in [0.717, 1.165) is 0 Å². The number of anilines is 1. The Morgan fingerprint density at radius 3 is 2.83 bits per heavy atom. The molecule has 0 spiro atoms. The zero-order valence-electron chi connectivity index (χ0n) is 10.4. The number of nitrogens with one attached hydrogen (secondary N) is 1. The summed E-state index contributed by atoms with van der Waals surface area (Å²) >= 11 is 0. The van der Waals surface area contributed by atoms with Crippen LogP contribution in [0.1, 0.15) is 26.1 Å². The Morgan fingerprint density at radius 1 is 1.39 bits per heavy atom. The molecule has 2 heterocycles. The van der Waals surface area contributed by atoms with Gasteiger partial charge in [0.15, 0.2) is 11.5 Å². The average Bonchev–Trinajstić information content (AvgIpc) is 2.72. The highest BCUT2D eigenvalue weighted by atomic mass is 32.2. The van der Waals surface area contributed by atoms with Crippen LogP contribution in [-0.2, 0) is 16.4 Å². The van der Waals surface area contributed by atoms with E-state index in [-0.39, 0.29) is 5.75 Å². The molecule has 0 radical (unpaired) electrons. The Balaban J connectivity index is 2.42. The van der Waals surface area contributed by atoms with E-state index in [1.807, 2.05) is 13.8 Å². The molecule has 2 rings (SSSR count). The molecule has 2 aromatic heterocycles. The number of hydrogen-bond acceptors (Lipinski definition) is 4. The van der Waals surface area contributed by atoms with Crippen molar-refractivity contribution in [2.75, 3.05) is 10.5 Å². The second-order valence-corrected chi connectivity index (χ2v) is 5.83. The molecule has 2 aromatic rings. The summed E-state index contributed by atoms with van der Waals surface area (Å²) in [5.41, 5.74) is 1.01. The summed E-state index contributed by atoms with van der Waals surface area (Å²) in [6.07, 6.45) is 3.04. The quantitative estimate of drug-likeness (QED) is 0.890. The second-order valence-electron chi connectivity index (χ2n) is 3.99. The first kappa shape index (κ1) is 12.8. The molecular weight excluding hydrogens is 252 g/mol. The smallest absolute Gasteiger partial charge is 0.232 e. The number of hydrogen-bond donors (Lipinski definition) is 1. The standard InChI is InChI=1S/C11H16N4O2S/c1-3-8-18(16,17)14-9-6-5-7-15-11(9)12-10(4-2)13-15/h5-7,14H,3-4,8H2,1-2H3. The predicted octanol–water partition coefficient (Wildman–Crippen LogP) is 1.44. The summed E-state index contributed by atoms with van der Waals surface area (Å²) in [5.74, 6) is 0.792. The fraction of sp³-hybridized carbons (Fsp3) is 0.455. The molecule has 0 fully saturated rings. The van der Waals surface area contributed by atoms with Crippen molar-refractivity contribution in [1.82, 2.24) is 14.6 Å². The van der Waals surface area contributed by atoms with Gasteiger partial charge in [-0.25, -0.2) is 17.9 Å². The molecule has 0 atom stereocenters. The van der Waals surface area contributed by atoms with Crippen LogP contribution in [0.2, 0.25) is 0 Å². The summed E-state index contributed by atoms with van der Waals surface area (Å²) in [6.45, 7) is 3.78. The van der Waals surface area contributed by atoms with Crippen molar-refractivity contribution in [3.05, 3.63) is 24.2 Å². The van der Waals surface area contributed by atoms with Crippen molar-refractivity contribution in [3.63, 3.8) is 0 Å². The van der Waals surface area contributed by atoms with Gasteiger partial charge in [-0.3, -0.25) is 4.72 Å². The Labute approximate surface area is 106 Å². The van der Waals surface area contributed by atoms with Gasteiger partial charge < -0.3 is 0 Å². The summed E-state index contributed by atoms with van der Waals surface area (Å²) in [4.78, 5) is 4.30. The van der Waals surface area contributed by atoms with Crippen molar-refractivity contribution < 1.29 is 8.42 Å². The lowest BCUT2D eigenvalue weighted by Crippen LogP contribution is -2.16. The van der Waals surface area contributed by atoms with Gasteiger partial charge in [-0.1, -0.05) is 13.8 Å². The van der Waals surface area contributed by atoms with Gasteiger partial charge in [0.25, 0.3) is 0 Å². The van der Waals surface area contributed by atoms with Crippen molar-refractivity contribution in [2.24, 2.45) is 0 Å². The second kappa shape index (κ2) is 4.93. The van der Waals surface area contributed by atoms with Gasteiger partial charge in [-0.15, -0.1) is 0 Å². The number of rotatable bonds is 5. The summed E-state index contributed by atoms with van der Waals surface area (Å²) in [6, 6.07) is 3.43. The minimum Gasteiger partial charge on any atom is -0.280 e. The molecule has 0 saturated carbocycles. The van der Waals surface area contributed by atoms with E-state index in [1.54, 1.807) is 22.8 Å². The monoisotopic (exact) mass is 268 g/mol. The fourth-order valence-electron chi connectivity index (χ4n) is 1.67. The van der Waals surface area contributed by atoms with E-state index >= 15 is 0 Å². The molecule has 0 aromatic carbocycles. The molecule has 1 N–H and O–H groups in total. The highest BCUT2D eigenvalue weighted by Crippen LogP contribution is 2.16. The molecule has 18 heavy (non-hydrogen) atoms. The predicted molar refractivity (Wildman–Crippen MR) is 70.1 cm³/mol. The molecule has 0 aliphatic heterocycles. The van der Waals surface area contributed by atoms with Crippen LogP contribution in [0.25, 0.3) is 5.65 Å². The van der Waals surface area contributed by atoms with Gasteiger partial charge >= 0.3 is 0 Å². The fourth-order valence-corrected chi connectivity index (χ4v) is 2.80. The van der Waals surface area contributed by atoms with Crippen LogP contribution < -0.4 is 4.72 Å². The summed E-state index contributed by atoms with van der Waals surface area (Å²) < 4.78 is 27.6. The molecule has 0 saturated heterocycles. The van der Waals surface area contributed by atoms with E-state index in [9.17, 15) is 8.42 Å². The van der Waals surface area contributed by atoms with Gasteiger partial charge in [-0.2, -0.15) is 5.10 Å². The lowest BCUT2D eigenvalue weighted by molar-refractivity contribution is 0.600. The van der Waals surface area contributed by atoms with E-state index in [4.69, 9.17) is 0 Å². The highest BCUT2D eigenvalue weighted by molar-refractivity contribution is 7.92. The molecule has 7 heteroatoms. The minimum absolute atomic E-state index is 0.100. The maximum atomic E-state index is 11.8. The number of pyridine rings is 1. The zero-order valence-corrected chi connectivity index (χ0v) is 11.2. The molecule has 98 valence electrons. The normalized spacial score (nSPS) is 11.9. The SMILES string of the molecule is CCCS(=O)(=O)Nc1cccn2nc(CC)nc12. The Bertz CT molecular complexity index is 648. The van der Waals surface area contributed by atoms with Crippen LogP contribution in [0.15, 0.2) is 18.3 Å².